The highest BCUT2D eigenvalue weighted by molar-refractivity contribution is 6.00. The molecule has 148 valence electrons. The van der Waals surface area contributed by atoms with Crippen LogP contribution in [0.4, 0.5) is 10.1 Å². The molecule has 0 saturated carbocycles. The fraction of sp³-hybridized carbons (Fsp3) is 0.286. The normalized spacial score (nSPS) is 17.0. The van der Waals surface area contributed by atoms with Gasteiger partial charge in [0.15, 0.2) is 12.2 Å². The number of hydrogen-bond acceptors (Lipinski definition) is 5. The zero-order valence-electron chi connectivity index (χ0n) is 15.5. The van der Waals surface area contributed by atoms with E-state index in [1.807, 2.05) is 0 Å². The number of hydrogen-bond donors (Lipinski definition) is 1. The van der Waals surface area contributed by atoms with Crippen molar-refractivity contribution < 1.29 is 23.2 Å². The van der Waals surface area contributed by atoms with Gasteiger partial charge < -0.3 is 19.5 Å². The van der Waals surface area contributed by atoms with Crippen molar-refractivity contribution in [2.24, 2.45) is 0 Å². The highest BCUT2D eigenvalue weighted by Gasteiger charge is 2.28. The van der Waals surface area contributed by atoms with E-state index in [9.17, 15) is 14.0 Å². The average molecular weight is 395 g/mol. The van der Waals surface area contributed by atoms with Crippen LogP contribution in [0.2, 0.25) is 0 Å². The lowest BCUT2D eigenvalue weighted by molar-refractivity contribution is -0.118. The van der Waals surface area contributed by atoms with Gasteiger partial charge in [-0.15, -0.1) is 0 Å². The van der Waals surface area contributed by atoms with Crippen LogP contribution in [-0.4, -0.2) is 41.6 Å². The molecule has 1 fully saturated rings. The second-order valence-electron chi connectivity index (χ2n) is 7.32. The number of rotatable bonds is 2. The summed E-state index contributed by atoms with van der Waals surface area (Å²) in [6.07, 6.45) is 1.49. The predicted molar refractivity (Wildman–Crippen MR) is 102 cm³/mol. The van der Waals surface area contributed by atoms with Crippen LogP contribution in [-0.2, 0) is 4.79 Å². The van der Waals surface area contributed by atoms with Crippen LogP contribution in [0.15, 0.2) is 40.9 Å². The number of benzene rings is 2. The Morgan fingerprint density at radius 1 is 1.17 bits per heavy atom. The number of aromatic nitrogens is 1. The molecule has 0 atom stereocenters. The second-order valence-corrected chi connectivity index (χ2v) is 7.32. The first-order valence-corrected chi connectivity index (χ1v) is 9.49. The Balaban J connectivity index is 1.29. The number of carbonyl (C=O) groups excluding carboxylic acids is 2. The summed E-state index contributed by atoms with van der Waals surface area (Å²) in [6.45, 7) is 1.15. The molecule has 29 heavy (non-hydrogen) atoms. The van der Waals surface area contributed by atoms with Crippen molar-refractivity contribution in [3.63, 3.8) is 0 Å². The summed E-state index contributed by atoms with van der Waals surface area (Å²) >= 11 is 0. The molecule has 0 aliphatic carbocycles. The Labute approximate surface area is 165 Å². The molecule has 1 aromatic heterocycles. The van der Waals surface area contributed by atoms with Crippen LogP contribution in [0, 0.1) is 5.82 Å². The van der Waals surface area contributed by atoms with E-state index in [4.69, 9.17) is 9.26 Å². The van der Waals surface area contributed by atoms with Gasteiger partial charge in [0.1, 0.15) is 11.6 Å². The van der Waals surface area contributed by atoms with Crippen molar-refractivity contribution in [1.29, 1.82) is 0 Å². The molecule has 2 amide bonds. The summed E-state index contributed by atoms with van der Waals surface area (Å²) in [6, 6.07) is 9.50. The van der Waals surface area contributed by atoms with Gasteiger partial charge in [0, 0.05) is 36.0 Å². The van der Waals surface area contributed by atoms with Crippen molar-refractivity contribution in [3.05, 3.63) is 53.5 Å². The van der Waals surface area contributed by atoms with Gasteiger partial charge in [-0.25, -0.2) is 4.39 Å². The minimum absolute atomic E-state index is 0.0167. The number of likely N-dealkylation sites (tertiary alicyclic amines) is 1. The molecule has 8 heteroatoms. The van der Waals surface area contributed by atoms with E-state index >= 15 is 0 Å². The average Bonchev–Trinajstić information content (AvgIpc) is 3.15. The van der Waals surface area contributed by atoms with E-state index in [2.05, 4.69) is 10.5 Å². The highest BCUT2D eigenvalue weighted by Crippen LogP contribution is 2.34. The molecule has 2 aliphatic rings. The van der Waals surface area contributed by atoms with E-state index in [1.54, 1.807) is 29.2 Å². The number of carbonyl (C=O) groups is 2. The Bertz CT molecular complexity index is 1120. The number of anilines is 1. The molecule has 2 aromatic carbocycles. The summed E-state index contributed by atoms with van der Waals surface area (Å²) in [5.74, 6) is 0.0456. The minimum Gasteiger partial charge on any atom is -0.482 e. The number of fused-ring (bicyclic) bond motifs is 2. The van der Waals surface area contributed by atoms with Crippen molar-refractivity contribution in [2.75, 3.05) is 25.0 Å². The standard InChI is InChI=1S/C21H18FN3O4/c22-14-2-3-15-18(10-14)29-24-20(15)12-5-7-25(8-6-12)21(27)13-1-4-17-16(9-13)23-19(26)11-28-17/h1-4,9-10,12H,5-8,11H2,(H,23,26). The largest absolute Gasteiger partial charge is 0.482 e. The van der Waals surface area contributed by atoms with E-state index in [0.717, 1.165) is 23.9 Å². The Hall–Kier alpha value is -3.42. The third kappa shape index (κ3) is 3.20. The van der Waals surface area contributed by atoms with Crippen molar-refractivity contribution in [1.82, 2.24) is 10.1 Å². The molecular weight excluding hydrogens is 377 g/mol. The summed E-state index contributed by atoms with van der Waals surface area (Å²) in [5, 5.41) is 7.69. The van der Waals surface area contributed by atoms with E-state index < -0.39 is 0 Å². The lowest BCUT2D eigenvalue weighted by Gasteiger charge is -2.31. The van der Waals surface area contributed by atoms with Crippen LogP contribution < -0.4 is 10.1 Å². The van der Waals surface area contributed by atoms with Gasteiger partial charge in [0.2, 0.25) is 0 Å². The minimum atomic E-state index is -0.354. The molecule has 0 radical (unpaired) electrons. The zero-order chi connectivity index (χ0) is 20.0. The smallest absolute Gasteiger partial charge is 0.262 e. The van der Waals surface area contributed by atoms with E-state index in [1.165, 1.54) is 12.1 Å². The third-order valence-corrected chi connectivity index (χ3v) is 5.49. The summed E-state index contributed by atoms with van der Waals surface area (Å²) < 4.78 is 24.0. The molecule has 0 unspecified atom stereocenters. The first kappa shape index (κ1) is 17.7. The number of nitrogens with one attached hydrogen (secondary N) is 1. The van der Waals surface area contributed by atoms with Gasteiger partial charge in [-0.2, -0.15) is 0 Å². The number of piperidine rings is 1. The number of ether oxygens (including phenoxy) is 1. The quantitative estimate of drug-likeness (QED) is 0.720. The molecule has 7 nitrogen and oxygen atoms in total. The fourth-order valence-corrected chi connectivity index (χ4v) is 3.98. The Morgan fingerprint density at radius 2 is 2.00 bits per heavy atom. The zero-order valence-corrected chi connectivity index (χ0v) is 15.5. The third-order valence-electron chi connectivity index (χ3n) is 5.49. The van der Waals surface area contributed by atoms with Crippen LogP contribution >= 0.6 is 0 Å². The van der Waals surface area contributed by atoms with Gasteiger partial charge >= 0.3 is 0 Å². The Morgan fingerprint density at radius 3 is 2.83 bits per heavy atom. The van der Waals surface area contributed by atoms with Crippen LogP contribution in [0.3, 0.4) is 0 Å². The van der Waals surface area contributed by atoms with E-state index in [-0.39, 0.29) is 30.2 Å². The number of amides is 2. The van der Waals surface area contributed by atoms with Gasteiger partial charge in [-0.3, -0.25) is 9.59 Å². The summed E-state index contributed by atoms with van der Waals surface area (Å²) in [5.41, 5.74) is 2.29. The van der Waals surface area contributed by atoms with E-state index in [0.29, 0.717) is 35.7 Å². The van der Waals surface area contributed by atoms with Crippen LogP contribution in [0.1, 0.15) is 34.8 Å². The fourth-order valence-electron chi connectivity index (χ4n) is 3.98. The highest BCUT2D eigenvalue weighted by atomic mass is 19.1. The second kappa shape index (κ2) is 6.88. The lowest BCUT2D eigenvalue weighted by atomic mass is 9.91. The SMILES string of the molecule is O=C1COc2ccc(C(=O)N3CCC(c4noc5cc(F)ccc45)CC3)cc2N1. The number of halogens is 1. The topological polar surface area (TPSA) is 84.7 Å². The van der Waals surface area contributed by atoms with Gasteiger partial charge in [0.25, 0.3) is 11.8 Å². The first-order valence-electron chi connectivity index (χ1n) is 9.49. The molecule has 3 aromatic rings. The molecular formula is C21H18FN3O4. The predicted octanol–water partition coefficient (Wildman–Crippen LogP) is 3.32. The molecule has 1 saturated heterocycles. The van der Waals surface area contributed by atoms with Crippen molar-refractivity contribution >= 4 is 28.5 Å². The Kier molecular flexibility index (Phi) is 4.19. The van der Waals surface area contributed by atoms with Crippen molar-refractivity contribution in [2.45, 2.75) is 18.8 Å². The monoisotopic (exact) mass is 395 g/mol. The lowest BCUT2D eigenvalue weighted by Crippen LogP contribution is -2.38. The molecule has 0 bridgehead atoms. The maximum atomic E-state index is 13.4. The van der Waals surface area contributed by atoms with Crippen molar-refractivity contribution in [3.8, 4) is 5.75 Å². The van der Waals surface area contributed by atoms with Gasteiger partial charge in [-0.1, -0.05) is 5.16 Å². The molecule has 2 aliphatic heterocycles. The van der Waals surface area contributed by atoms with Crippen LogP contribution in [0.25, 0.3) is 11.0 Å². The molecule has 1 N–H and O–H groups in total. The van der Waals surface area contributed by atoms with Gasteiger partial charge in [-0.05, 0) is 43.2 Å². The molecule has 5 rings (SSSR count). The summed E-state index contributed by atoms with van der Waals surface area (Å²) in [7, 11) is 0. The van der Waals surface area contributed by atoms with Gasteiger partial charge in [0.05, 0.1) is 11.4 Å². The first-order chi connectivity index (χ1) is 14.1. The maximum Gasteiger partial charge on any atom is 0.262 e. The van der Waals surface area contributed by atoms with Crippen LogP contribution in [0.5, 0.6) is 5.75 Å². The summed E-state index contributed by atoms with van der Waals surface area (Å²) in [4.78, 5) is 26.2. The molecule has 0 spiro atoms. The number of nitrogens with zero attached hydrogens (tertiary/aromatic N) is 2. The maximum absolute atomic E-state index is 13.4. The molecule has 3 heterocycles.